The van der Waals surface area contributed by atoms with Crippen LogP contribution < -0.4 is 0 Å². The summed E-state index contributed by atoms with van der Waals surface area (Å²) in [7, 11) is 0. The lowest BCUT2D eigenvalue weighted by atomic mass is 10.1. The monoisotopic (exact) mass is 398 g/mol. The molecule has 0 atom stereocenters. The number of benzene rings is 2. The number of thiophene rings is 2. The fourth-order valence-corrected chi connectivity index (χ4v) is 5.31. The van der Waals surface area contributed by atoms with Crippen molar-refractivity contribution in [2.75, 3.05) is 0 Å². The van der Waals surface area contributed by atoms with Gasteiger partial charge in [0.2, 0.25) is 0 Å². The maximum absolute atomic E-state index is 3.81. The molecular weight excluding hydrogens is 376 g/mol. The molecule has 0 aliphatic heterocycles. The Kier molecular flexibility index (Phi) is 5.70. The smallest absolute Gasteiger partial charge is 0.0449 e. The average Bonchev–Trinajstić information content (AvgIpc) is 3.40. The summed E-state index contributed by atoms with van der Waals surface area (Å²) in [5, 5.41) is 0. The van der Waals surface area contributed by atoms with E-state index in [1.165, 1.54) is 41.8 Å². The van der Waals surface area contributed by atoms with Gasteiger partial charge in [0.05, 0.1) is 0 Å². The Morgan fingerprint density at radius 1 is 0.500 bits per heavy atom. The van der Waals surface area contributed by atoms with Crippen molar-refractivity contribution in [1.29, 1.82) is 0 Å². The van der Waals surface area contributed by atoms with Crippen LogP contribution in [-0.2, 0) is 12.8 Å². The van der Waals surface area contributed by atoms with E-state index in [4.69, 9.17) is 0 Å². The fourth-order valence-electron chi connectivity index (χ4n) is 3.19. The average molecular weight is 399 g/mol. The quantitative estimate of drug-likeness (QED) is 0.275. The zero-order chi connectivity index (χ0) is 19.3. The van der Waals surface area contributed by atoms with E-state index in [0.29, 0.717) is 0 Å². The van der Waals surface area contributed by atoms with Gasteiger partial charge in [0.1, 0.15) is 0 Å². The Morgan fingerprint density at radius 3 is 1.21 bits per heavy atom. The first-order valence-corrected chi connectivity index (χ1v) is 11.0. The summed E-state index contributed by atoms with van der Waals surface area (Å²) in [6.07, 6.45) is 5.73. The molecule has 0 spiro atoms. The van der Waals surface area contributed by atoms with E-state index >= 15 is 0 Å². The Morgan fingerprint density at radius 2 is 0.857 bits per heavy atom. The van der Waals surface area contributed by atoms with Crippen LogP contribution in [0, 0.1) is 0 Å². The molecule has 0 radical (unpaired) electrons. The van der Waals surface area contributed by atoms with Crippen LogP contribution in [0.15, 0.2) is 98.1 Å². The van der Waals surface area contributed by atoms with Crippen molar-refractivity contribution in [3.05, 3.63) is 109 Å². The van der Waals surface area contributed by atoms with E-state index in [2.05, 4.69) is 86.0 Å². The Bertz CT molecular complexity index is 986. The highest BCUT2D eigenvalue weighted by Crippen LogP contribution is 2.40. The van der Waals surface area contributed by atoms with Crippen molar-refractivity contribution in [1.82, 2.24) is 0 Å². The minimum atomic E-state index is 0.919. The van der Waals surface area contributed by atoms with E-state index < -0.39 is 0 Å². The first-order chi connectivity index (χ1) is 13.8. The normalized spacial score (nSPS) is 10.7. The molecule has 0 fully saturated rings. The lowest BCUT2D eigenvalue weighted by molar-refractivity contribution is 1.28. The van der Waals surface area contributed by atoms with Crippen LogP contribution in [-0.4, -0.2) is 0 Å². The molecule has 0 saturated carbocycles. The topological polar surface area (TPSA) is 0 Å². The molecule has 2 aromatic heterocycles. The first-order valence-electron chi connectivity index (χ1n) is 9.37. The van der Waals surface area contributed by atoms with Gasteiger partial charge >= 0.3 is 0 Å². The van der Waals surface area contributed by atoms with Gasteiger partial charge in [0, 0.05) is 19.5 Å². The van der Waals surface area contributed by atoms with E-state index in [-0.39, 0.29) is 0 Å². The second-order valence-electron chi connectivity index (χ2n) is 6.71. The third-order valence-electron chi connectivity index (χ3n) is 4.69. The molecule has 0 unspecified atom stereocenters. The molecule has 4 rings (SSSR count). The van der Waals surface area contributed by atoms with Gasteiger partial charge in [-0.25, -0.2) is 0 Å². The highest BCUT2D eigenvalue weighted by molar-refractivity contribution is 7.25. The number of allylic oxidation sites excluding steroid dienone is 2. The van der Waals surface area contributed by atoms with Crippen LogP contribution in [0.1, 0.15) is 11.1 Å². The molecule has 0 aliphatic rings. The third-order valence-corrected chi connectivity index (χ3v) is 7.16. The molecule has 0 saturated heterocycles. The highest BCUT2D eigenvalue weighted by Gasteiger charge is 2.09. The van der Waals surface area contributed by atoms with Gasteiger partial charge in [-0.15, -0.1) is 35.8 Å². The predicted molar refractivity (Wildman–Crippen MR) is 126 cm³/mol. The van der Waals surface area contributed by atoms with Crippen LogP contribution in [0.2, 0.25) is 0 Å². The molecule has 0 nitrogen and oxygen atoms in total. The van der Waals surface area contributed by atoms with E-state index in [0.717, 1.165) is 12.8 Å². The molecule has 28 heavy (non-hydrogen) atoms. The maximum atomic E-state index is 3.81. The summed E-state index contributed by atoms with van der Waals surface area (Å²) in [6.45, 7) is 7.62. The zero-order valence-corrected chi connectivity index (χ0v) is 17.4. The van der Waals surface area contributed by atoms with Gasteiger partial charge < -0.3 is 0 Å². The van der Waals surface area contributed by atoms with Crippen molar-refractivity contribution in [3.8, 4) is 30.6 Å². The lowest BCUT2D eigenvalue weighted by Gasteiger charge is -2.00. The van der Waals surface area contributed by atoms with Gasteiger partial charge in [0.25, 0.3) is 0 Å². The number of hydrogen-bond acceptors (Lipinski definition) is 2. The van der Waals surface area contributed by atoms with Crippen molar-refractivity contribution in [2.45, 2.75) is 12.8 Å². The van der Waals surface area contributed by atoms with Gasteiger partial charge in [-0.3, -0.25) is 0 Å². The molecule has 0 amide bonds. The molecule has 2 heteroatoms. The van der Waals surface area contributed by atoms with Gasteiger partial charge in [-0.1, -0.05) is 60.7 Å². The van der Waals surface area contributed by atoms with Crippen LogP contribution >= 0.6 is 22.7 Å². The van der Waals surface area contributed by atoms with Crippen molar-refractivity contribution >= 4 is 22.7 Å². The van der Waals surface area contributed by atoms with Crippen LogP contribution in [0.4, 0.5) is 0 Å². The Labute approximate surface area is 175 Å². The first kappa shape index (κ1) is 18.7. The van der Waals surface area contributed by atoms with E-state index in [1.54, 1.807) is 0 Å². The maximum Gasteiger partial charge on any atom is 0.0449 e. The Balaban J connectivity index is 1.54. The van der Waals surface area contributed by atoms with Crippen LogP contribution in [0.3, 0.4) is 0 Å². The highest BCUT2D eigenvalue weighted by atomic mass is 32.1. The van der Waals surface area contributed by atoms with Crippen molar-refractivity contribution in [2.24, 2.45) is 0 Å². The molecule has 4 aromatic rings. The summed E-state index contributed by atoms with van der Waals surface area (Å²) < 4.78 is 0. The standard InChI is InChI=1S/C26H22S2/c1-3-5-19-7-11-21(12-8-19)23-15-17-25(27-23)26-18-16-24(28-26)22-13-9-20(6-4-2)10-14-22/h3-4,7-18H,1-2,5-6H2. The van der Waals surface area contributed by atoms with Gasteiger partial charge in [0.15, 0.2) is 0 Å². The fraction of sp³-hybridized carbons (Fsp3) is 0.0769. The molecule has 138 valence electrons. The predicted octanol–water partition coefficient (Wildman–Crippen LogP) is 8.27. The summed E-state index contributed by atoms with van der Waals surface area (Å²) in [6, 6.07) is 26.5. The van der Waals surface area contributed by atoms with Crippen LogP contribution in [0.25, 0.3) is 30.6 Å². The molecular formula is C26H22S2. The number of rotatable bonds is 7. The minimum absolute atomic E-state index is 0.919. The SMILES string of the molecule is C=CCc1ccc(-c2ccc(-c3ccc(-c4ccc(CC=C)cc4)s3)s2)cc1. The second-order valence-corrected chi connectivity index (χ2v) is 8.87. The van der Waals surface area contributed by atoms with Crippen LogP contribution in [0.5, 0.6) is 0 Å². The molecule has 2 heterocycles. The summed E-state index contributed by atoms with van der Waals surface area (Å²) >= 11 is 3.71. The lowest BCUT2D eigenvalue weighted by Crippen LogP contribution is -1.79. The van der Waals surface area contributed by atoms with Gasteiger partial charge in [-0.05, 0) is 59.4 Å². The second kappa shape index (κ2) is 8.55. The van der Waals surface area contributed by atoms with Gasteiger partial charge in [-0.2, -0.15) is 0 Å². The van der Waals surface area contributed by atoms with Crippen molar-refractivity contribution in [3.63, 3.8) is 0 Å². The Hall–Kier alpha value is -2.68. The number of hydrogen-bond donors (Lipinski definition) is 0. The summed E-state index contributed by atoms with van der Waals surface area (Å²) in [5.74, 6) is 0. The zero-order valence-electron chi connectivity index (χ0n) is 15.7. The molecule has 0 N–H and O–H groups in total. The summed E-state index contributed by atoms with van der Waals surface area (Å²) in [4.78, 5) is 5.27. The minimum Gasteiger partial charge on any atom is -0.134 e. The summed E-state index contributed by atoms with van der Waals surface area (Å²) in [5.41, 5.74) is 5.16. The van der Waals surface area contributed by atoms with Crippen molar-refractivity contribution < 1.29 is 0 Å². The molecule has 2 aromatic carbocycles. The third kappa shape index (κ3) is 4.09. The largest absolute Gasteiger partial charge is 0.134 e. The molecule has 0 aliphatic carbocycles. The van der Waals surface area contributed by atoms with E-state index in [1.807, 2.05) is 34.8 Å². The van der Waals surface area contributed by atoms with E-state index in [9.17, 15) is 0 Å². The molecule has 0 bridgehead atoms.